The predicted octanol–water partition coefficient (Wildman–Crippen LogP) is 1.24. The quantitative estimate of drug-likeness (QED) is 0.813. The first-order chi connectivity index (χ1) is 9.16. The van der Waals surface area contributed by atoms with Gasteiger partial charge in [0.2, 0.25) is 0 Å². The zero-order valence-electron chi connectivity index (χ0n) is 10.6. The van der Waals surface area contributed by atoms with Crippen molar-refractivity contribution in [1.82, 2.24) is 0 Å². The van der Waals surface area contributed by atoms with Crippen molar-refractivity contribution in [3.05, 3.63) is 35.4 Å². The molecule has 1 aromatic rings. The SMILES string of the molecule is CCOC(=O)C1(O)ON=C2c3ccccc3CCC21. The van der Waals surface area contributed by atoms with E-state index in [1.54, 1.807) is 6.92 Å². The zero-order chi connectivity index (χ0) is 13.5. The lowest BCUT2D eigenvalue weighted by Crippen LogP contribution is -2.49. The van der Waals surface area contributed by atoms with Crippen molar-refractivity contribution >= 4 is 11.7 Å². The molecular formula is C14H15NO4. The van der Waals surface area contributed by atoms with Crippen LogP contribution < -0.4 is 0 Å². The third kappa shape index (κ3) is 1.73. The summed E-state index contributed by atoms with van der Waals surface area (Å²) in [5.41, 5.74) is 2.74. The van der Waals surface area contributed by atoms with Crippen molar-refractivity contribution < 1.29 is 19.5 Å². The number of ether oxygens (including phenoxy) is 1. The van der Waals surface area contributed by atoms with Crippen LogP contribution in [-0.4, -0.2) is 29.2 Å². The second-order valence-electron chi connectivity index (χ2n) is 4.73. The van der Waals surface area contributed by atoms with Crippen LogP contribution in [0.2, 0.25) is 0 Å². The van der Waals surface area contributed by atoms with E-state index in [0.717, 1.165) is 17.5 Å². The van der Waals surface area contributed by atoms with E-state index in [9.17, 15) is 9.90 Å². The number of aryl methyl sites for hydroxylation is 1. The number of hydrogen-bond donors (Lipinski definition) is 1. The highest BCUT2D eigenvalue weighted by Gasteiger charge is 2.56. The molecule has 0 aromatic heterocycles. The van der Waals surface area contributed by atoms with Gasteiger partial charge in [-0.25, -0.2) is 4.79 Å². The number of benzene rings is 1. The number of nitrogens with zero attached hydrogens (tertiary/aromatic N) is 1. The molecule has 0 saturated heterocycles. The molecule has 0 radical (unpaired) electrons. The average molecular weight is 261 g/mol. The van der Waals surface area contributed by atoms with E-state index in [4.69, 9.17) is 9.57 Å². The molecule has 0 bridgehead atoms. The molecule has 0 amide bonds. The molecule has 2 unspecified atom stereocenters. The van der Waals surface area contributed by atoms with Gasteiger partial charge in [0.1, 0.15) is 0 Å². The Hall–Kier alpha value is -1.88. The Morgan fingerprint density at radius 2 is 2.37 bits per heavy atom. The number of hydrogen-bond acceptors (Lipinski definition) is 5. The van der Waals surface area contributed by atoms with E-state index in [1.807, 2.05) is 24.3 Å². The average Bonchev–Trinajstić information content (AvgIpc) is 2.78. The lowest BCUT2D eigenvalue weighted by atomic mass is 9.78. The molecule has 5 nitrogen and oxygen atoms in total. The highest BCUT2D eigenvalue weighted by atomic mass is 16.8. The maximum Gasteiger partial charge on any atom is 0.382 e. The van der Waals surface area contributed by atoms with Gasteiger partial charge in [0.25, 0.3) is 0 Å². The van der Waals surface area contributed by atoms with E-state index in [2.05, 4.69) is 5.16 Å². The van der Waals surface area contributed by atoms with Crippen molar-refractivity contribution in [2.45, 2.75) is 25.6 Å². The molecule has 0 saturated carbocycles. The Labute approximate surface area is 110 Å². The highest BCUT2D eigenvalue weighted by Crippen LogP contribution is 2.39. The normalized spacial score (nSPS) is 27.9. The van der Waals surface area contributed by atoms with E-state index in [-0.39, 0.29) is 6.61 Å². The highest BCUT2D eigenvalue weighted by molar-refractivity contribution is 6.07. The monoisotopic (exact) mass is 261 g/mol. The van der Waals surface area contributed by atoms with Gasteiger partial charge in [0.15, 0.2) is 0 Å². The largest absolute Gasteiger partial charge is 0.461 e. The molecule has 100 valence electrons. The minimum absolute atomic E-state index is 0.198. The van der Waals surface area contributed by atoms with Gasteiger partial charge in [-0.05, 0) is 25.3 Å². The number of carbonyl (C=O) groups is 1. The molecule has 0 spiro atoms. The van der Waals surface area contributed by atoms with Crippen LogP contribution in [0.25, 0.3) is 0 Å². The fraction of sp³-hybridized carbons (Fsp3) is 0.429. The van der Waals surface area contributed by atoms with Crippen LogP contribution in [0, 0.1) is 5.92 Å². The molecule has 1 heterocycles. The fourth-order valence-electron chi connectivity index (χ4n) is 2.70. The number of aliphatic hydroxyl groups is 1. The summed E-state index contributed by atoms with van der Waals surface area (Å²) in [5, 5.41) is 14.3. The first-order valence-corrected chi connectivity index (χ1v) is 6.40. The molecule has 5 heteroatoms. The van der Waals surface area contributed by atoms with Crippen LogP contribution in [0.5, 0.6) is 0 Å². The molecule has 3 rings (SSSR count). The summed E-state index contributed by atoms with van der Waals surface area (Å²) in [6.07, 6.45) is 1.40. The first-order valence-electron chi connectivity index (χ1n) is 6.40. The predicted molar refractivity (Wildman–Crippen MR) is 67.5 cm³/mol. The molecule has 2 aliphatic rings. The number of esters is 1. The first kappa shape index (κ1) is 12.2. The minimum Gasteiger partial charge on any atom is -0.461 e. The summed E-state index contributed by atoms with van der Waals surface area (Å²) in [5.74, 6) is -3.20. The van der Waals surface area contributed by atoms with Gasteiger partial charge < -0.3 is 14.7 Å². The fourth-order valence-corrected chi connectivity index (χ4v) is 2.70. The van der Waals surface area contributed by atoms with E-state index < -0.39 is 17.7 Å². The third-order valence-electron chi connectivity index (χ3n) is 3.65. The van der Waals surface area contributed by atoms with Crippen molar-refractivity contribution in [1.29, 1.82) is 0 Å². The smallest absolute Gasteiger partial charge is 0.382 e. The van der Waals surface area contributed by atoms with Crippen LogP contribution in [0.3, 0.4) is 0 Å². The van der Waals surface area contributed by atoms with Crippen molar-refractivity contribution in [3.63, 3.8) is 0 Å². The zero-order valence-corrected chi connectivity index (χ0v) is 10.6. The lowest BCUT2D eigenvalue weighted by Gasteiger charge is -2.28. The number of rotatable bonds is 2. The summed E-state index contributed by atoms with van der Waals surface area (Å²) >= 11 is 0. The van der Waals surface area contributed by atoms with Gasteiger partial charge in [-0.1, -0.05) is 29.4 Å². The van der Waals surface area contributed by atoms with Crippen LogP contribution in [0.4, 0.5) is 0 Å². The molecule has 0 fully saturated rings. The Morgan fingerprint density at radius 3 is 3.16 bits per heavy atom. The topological polar surface area (TPSA) is 68.1 Å². The van der Waals surface area contributed by atoms with Crippen molar-refractivity contribution in [3.8, 4) is 0 Å². The summed E-state index contributed by atoms with van der Waals surface area (Å²) in [7, 11) is 0. The number of oxime groups is 1. The molecule has 1 N–H and O–H groups in total. The van der Waals surface area contributed by atoms with Crippen molar-refractivity contribution in [2.24, 2.45) is 11.1 Å². The standard InChI is InChI=1S/C14H15NO4/c1-2-18-13(16)14(17)11-8-7-9-5-3-4-6-10(9)12(11)15-19-14/h3-6,11,17H,2,7-8H2,1H3. The Morgan fingerprint density at radius 1 is 1.58 bits per heavy atom. The molecule has 1 aromatic carbocycles. The maximum atomic E-state index is 11.9. The summed E-state index contributed by atoms with van der Waals surface area (Å²) in [6, 6.07) is 7.83. The van der Waals surface area contributed by atoms with Gasteiger partial charge in [0, 0.05) is 5.56 Å². The third-order valence-corrected chi connectivity index (χ3v) is 3.65. The van der Waals surface area contributed by atoms with E-state index in [0.29, 0.717) is 12.1 Å². The Kier molecular flexibility index (Phi) is 2.78. The van der Waals surface area contributed by atoms with E-state index >= 15 is 0 Å². The van der Waals surface area contributed by atoms with Crippen LogP contribution in [-0.2, 0) is 20.8 Å². The van der Waals surface area contributed by atoms with Crippen LogP contribution in [0.15, 0.2) is 29.4 Å². The summed E-state index contributed by atoms with van der Waals surface area (Å²) in [6.45, 7) is 1.89. The second-order valence-corrected chi connectivity index (χ2v) is 4.73. The van der Waals surface area contributed by atoms with Crippen LogP contribution >= 0.6 is 0 Å². The van der Waals surface area contributed by atoms with Crippen molar-refractivity contribution in [2.75, 3.05) is 6.61 Å². The van der Waals surface area contributed by atoms with Gasteiger partial charge in [-0.3, -0.25) is 0 Å². The Bertz CT molecular complexity index is 554. The van der Waals surface area contributed by atoms with Gasteiger partial charge in [-0.2, -0.15) is 0 Å². The molecule has 1 aliphatic carbocycles. The summed E-state index contributed by atoms with van der Waals surface area (Å²) in [4.78, 5) is 16.9. The minimum atomic E-state index is -1.97. The van der Waals surface area contributed by atoms with Gasteiger partial charge in [-0.15, -0.1) is 0 Å². The number of fused-ring (bicyclic) bond motifs is 3. The molecule has 1 aliphatic heterocycles. The number of carbonyl (C=O) groups excluding carboxylic acids is 1. The second kappa shape index (κ2) is 4.35. The van der Waals surface area contributed by atoms with Crippen LogP contribution in [0.1, 0.15) is 24.5 Å². The molecule has 2 atom stereocenters. The van der Waals surface area contributed by atoms with Gasteiger partial charge in [0.05, 0.1) is 18.2 Å². The van der Waals surface area contributed by atoms with Gasteiger partial charge >= 0.3 is 11.8 Å². The summed E-state index contributed by atoms with van der Waals surface area (Å²) < 4.78 is 4.88. The van der Waals surface area contributed by atoms with E-state index in [1.165, 1.54) is 0 Å². The Balaban J connectivity index is 1.95. The molecular weight excluding hydrogens is 246 g/mol. The maximum absolute atomic E-state index is 11.9. The lowest BCUT2D eigenvalue weighted by molar-refractivity contribution is -0.231. The molecule has 19 heavy (non-hydrogen) atoms.